The molecule has 1 aliphatic rings. The first kappa shape index (κ1) is 15.2. The van der Waals surface area contributed by atoms with Crippen molar-refractivity contribution in [2.75, 3.05) is 19.8 Å². The molecule has 3 nitrogen and oxygen atoms in total. The predicted octanol–water partition coefficient (Wildman–Crippen LogP) is 3.55. The summed E-state index contributed by atoms with van der Waals surface area (Å²) in [6.45, 7) is 13.5. The second-order valence-corrected chi connectivity index (χ2v) is 11.1. The third-order valence-electron chi connectivity index (χ3n) is 3.79. The van der Waals surface area contributed by atoms with E-state index in [2.05, 4.69) is 33.9 Å². The van der Waals surface area contributed by atoms with Crippen molar-refractivity contribution in [3.8, 4) is 0 Å². The van der Waals surface area contributed by atoms with Crippen LogP contribution in [0.25, 0.3) is 0 Å². The van der Waals surface area contributed by atoms with E-state index in [4.69, 9.17) is 13.9 Å². The Morgan fingerprint density at radius 2 is 1.88 bits per heavy atom. The monoisotopic (exact) mass is 260 g/mol. The molecule has 1 rings (SSSR count). The summed E-state index contributed by atoms with van der Waals surface area (Å²) in [5.41, 5.74) is 0. The molecule has 0 bridgehead atoms. The minimum atomic E-state index is -1.61. The predicted molar refractivity (Wildman–Crippen MR) is 72.7 cm³/mol. The van der Waals surface area contributed by atoms with E-state index >= 15 is 0 Å². The molecule has 102 valence electrons. The van der Waals surface area contributed by atoms with Crippen molar-refractivity contribution < 1.29 is 13.9 Å². The third kappa shape index (κ3) is 5.08. The van der Waals surface area contributed by atoms with Crippen LogP contribution in [0.5, 0.6) is 0 Å². The van der Waals surface area contributed by atoms with Gasteiger partial charge in [0.2, 0.25) is 0 Å². The molecule has 1 saturated heterocycles. The summed E-state index contributed by atoms with van der Waals surface area (Å²) in [7, 11) is -1.61. The second kappa shape index (κ2) is 6.32. The third-order valence-corrected chi connectivity index (χ3v) is 8.33. The highest BCUT2D eigenvalue weighted by Crippen LogP contribution is 2.36. The first-order chi connectivity index (χ1) is 7.83. The highest BCUT2D eigenvalue weighted by atomic mass is 28.4. The lowest BCUT2D eigenvalue weighted by Gasteiger charge is -2.36. The molecule has 0 amide bonds. The maximum Gasteiger partial charge on any atom is 0.192 e. The van der Waals surface area contributed by atoms with Crippen molar-refractivity contribution in [3.63, 3.8) is 0 Å². The largest absolute Gasteiger partial charge is 0.414 e. The number of rotatable bonds is 5. The topological polar surface area (TPSA) is 27.7 Å². The summed E-state index contributed by atoms with van der Waals surface area (Å²) in [4.78, 5) is 0. The van der Waals surface area contributed by atoms with Crippen LogP contribution in [-0.4, -0.2) is 34.4 Å². The lowest BCUT2D eigenvalue weighted by atomic mass is 10.2. The molecular weight excluding hydrogens is 232 g/mol. The molecule has 0 aliphatic carbocycles. The van der Waals surface area contributed by atoms with Crippen LogP contribution < -0.4 is 0 Å². The lowest BCUT2D eigenvalue weighted by molar-refractivity contribution is -0.165. The molecule has 0 aromatic heterocycles. The second-order valence-electron chi connectivity index (χ2n) is 6.28. The lowest BCUT2D eigenvalue weighted by Crippen LogP contribution is -2.41. The zero-order valence-electron chi connectivity index (χ0n) is 12.0. The Balaban J connectivity index is 2.15. The van der Waals surface area contributed by atoms with E-state index in [0.717, 1.165) is 13.0 Å². The molecule has 0 spiro atoms. The molecule has 0 radical (unpaired) electrons. The minimum absolute atomic E-state index is 0.00626. The Morgan fingerprint density at radius 3 is 2.41 bits per heavy atom. The van der Waals surface area contributed by atoms with E-state index in [1.54, 1.807) is 0 Å². The molecule has 1 heterocycles. The van der Waals surface area contributed by atoms with Crippen LogP contribution in [0.4, 0.5) is 0 Å². The van der Waals surface area contributed by atoms with Crippen LogP contribution in [0.15, 0.2) is 0 Å². The molecule has 0 aromatic carbocycles. The molecule has 17 heavy (non-hydrogen) atoms. The Morgan fingerprint density at radius 1 is 1.18 bits per heavy atom. The van der Waals surface area contributed by atoms with Crippen molar-refractivity contribution in [2.45, 2.75) is 64.5 Å². The SMILES string of the molecule is CC(C)(C)[Si](C)(C)OCCOC1CCCCO1. The fourth-order valence-corrected chi connectivity index (χ4v) is 2.56. The van der Waals surface area contributed by atoms with Crippen molar-refractivity contribution in [1.29, 1.82) is 0 Å². The van der Waals surface area contributed by atoms with Gasteiger partial charge in [-0.3, -0.25) is 0 Å². The van der Waals surface area contributed by atoms with Crippen LogP contribution in [0.1, 0.15) is 40.0 Å². The fraction of sp³-hybridized carbons (Fsp3) is 1.00. The standard InChI is InChI=1S/C13H28O3Si/c1-13(2,3)17(4,5)16-11-10-15-12-8-6-7-9-14-12/h12H,6-11H2,1-5H3. The molecule has 0 N–H and O–H groups in total. The maximum absolute atomic E-state index is 6.04. The molecular formula is C13H28O3Si. The van der Waals surface area contributed by atoms with Gasteiger partial charge in [0.25, 0.3) is 0 Å². The van der Waals surface area contributed by atoms with E-state index < -0.39 is 8.32 Å². The molecule has 0 saturated carbocycles. The average Bonchev–Trinajstić information content (AvgIpc) is 2.24. The van der Waals surface area contributed by atoms with Crippen LogP contribution in [-0.2, 0) is 13.9 Å². The Kier molecular flexibility index (Phi) is 5.63. The van der Waals surface area contributed by atoms with Gasteiger partial charge in [-0.1, -0.05) is 20.8 Å². The van der Waals surface area contributed by atoms with E-state index in [0.29, 0.717) is 13.2 Å². The number of hydrogen-bond acceptors (Lipinski definition) is 3. The van der Waals surface area contributed by atoms with Crippen molar-refractivity contribution in [2.24, 2.45) is 0 Å². The Labute approximate surface area is 107 Å². The van der Waals surface area contributed by atoms with Crippen molar-refractivity contribution in [1.82, 2.24) is 0 Å². The van der Waals surface area contributed by atoms with Crippen LogP contribution in [0, 0.1) is 0 Å². The fourth-order valence-electron chi connectivity index (χ4n) is 1.54. The van der Waals surface area contributed by atoms with E-state index in [9.17, 15) is 0 Å². The molecule has 0 aromatic rings. The highest BCUT2D eigenvalue weighted by molar-refractivity contribution is 6.74. The average molecular weight is 260 g/mol. The van der Waals surface area contributed by atoms with Crippen molar-refractivity contribution in [3.05, 3.63) is 0 Å². The summed E-state index contributed by atoms with van der Waals surface area (Å²) >= 11 is 0. The first-order valence-corrected chi connectivity index (χ1v) is 9.61. The Hall–Kier alpha value is 0.0969. The smallest absolute Gasteiger partial charge is 0.192 e. The van der Waals surface area contributed by atoms with Crippen LogP contribution >= 0.6 is 0 Å². The van der Waals surface area contributed by atoms with Gasteiger partial charge in [-0.15, -0.1) is 0 Å². The van der Waals surface area contributed by atoms with Crippen LogP contribution in [0.3, 0.4) is 0 Å². The summed E-state index contributed by atoms with van der Waals surface area (Å²) < 4.78 is 17.2. The van der Waals surface area contributed by atoms with Gasteiger partial charge in [0, 0.05) is 6.61 Å². The summed E-state index contributed by atoms with van der Waals surface area (Å²) in [6.07, 6.45) is 3.42. The van der Waals surface area contributed by atoms with E-state index in [-0.39, 0.29) is 11.3 Å². The van der Waals surface area contributed by atoms with Gasteiger partial charge in [-0.05, 0) is 37.4 Å². The minimum Gasteiger partial charge on any atom is -0.414 e. The first-order valence-electron chi connectivity index (χ1n) is 6.70. The van der Waals surface area contributed by atoms with Gasteiger partial charge in [0.05, 0.1) is 13.2 Å². The summed E-state index contributed by atoms with van der Waals surface area (Å²) in [5, 5.41) is 0.272. The summed E-state index contributed by atoms with van der Waals surface area (Å²) in [5.74, 6) is 0. The zero-order chi connectivity index (χ0) is 12.9. The van der Waals surface area contributed by atoms with E-state index in [1.165, 1.54) is 12.8 Å². The van der Waals surface area contributed by atoms with Crippen molar-refractivity contribution >= 4 is 8.32 Å². The molecule has 1 fully saturated rings. The number of ether oxygens (including phenoxy) is 2. The maximum atomic E-state index is 6.04. The molecule has 4 heteroatoms. The quantitative estimate of drug-likeness (QED) is 0.559. The van der Waals surface area contributed by atoms with Gasteiger partial charge in [0.15, 0.2) is 14.6 Å². The van der Waals surface area contributed by atoms with E-state index in [1.807, 2.05) is 0 Å². The van der Waals surface area contributed by atoms with Gasteiger partial charge in [0.1, 0.15) is 0 Å². The number of hydrogen-bond donors (Lipinski definition) is 0. The normalized spacial score (nSPS) is 22.8. The van der Waals surface area contributed by atoms with Gasteiger partial charge >= 0.3 is 0 Å². The molecule has 1 atom stereocenters. The summed E-state index contributed by atoms with van der Waals surface area (Å²) in [6, 6.07) is 0. The van der Waals surface area contributed by atoms with Crippen LogP contribution in [0.2, 0.25) is 18.1 Å². The Bertz CT molecular complexity index is 217. The highest BCUT2D eigenvalue weighted by Gasteiger charge is 2.36. The molecule has 1 aliphatic heterocycles. The zero-order valence-corrected chi connectivity index (χ0v) is 13.0. The van der Waals surface area contributed by atoms with Gasteiger partial charge < -0.3 is 13.9 Å². The van der Waals surface area contributed by atoms with Gasteiger partial charge in [-0.25, -0.2) is 0 Å². The molecule has 1 unspecified atom stereocenters. The van der Waals surface area contributed by atoms with Gasteiger partial charge in [-0.2, -0.15) is 0 Å².